The first-order valence-electron chi connectivity index (χ1n) is 6.75. The van der Waals surface area contributed by atoms with Gasteiger partial charge < -0.3 is 0 Å². The summed E-state index contributed by atoms with van der Waals surface area (Å²) in [5, 5.41) is 2.65. The molecule has 1 aromatic heterocycles. The Bertz CT molecular complexity index is 705. The number of thiophene rings is 1. The highest BCUT2D eigenvalue weighted by Gasteiger charge is 2.45. The predicted molar refractivity (Wildman–Crippen MR) is 87.3 cm³/mol. The smallest absolute Gasteiger partial charge is 0.214 e. The third kappa shape index (κ3) is 3.66. The molecule has 3 rings (SSSR count). The van der Waals surface area contributed by atoms with Gasteiger partial charge in [-0.05, 0) is 42.0 Å². The zero-order chi connectivity index (χ0) is 14.9. The fraction of sp³-hybridized carbons (Fsp3) is 0.333. The van der Waals surface area contributed by atoms with E-state index < -0.39 is 10.0 Å². The number of benzene rings is 1. The Labute approximate surface area is 134 Å². The van der Waals surface area contributed by atoms with E-state index in [9.17, 15) is 8.42 Å². The molecule has 1 fully saturated rings. The molecule has 0 amide bonds. The summed E-state index contributed by atoms with van der Waals surface area (Å²) in [5.74, 6) is -0.00924. The lowest BCUT2D eigenvalue weighted by molar-refractivity contribution is 0.568. The third-order valence-corrected chi connectivity index (χ3v) is 6.46. The summed E-state index contributed by atoms with van der Waals surface area (Å²) in [5.41, 5.74) is 0.772. The van der Waals surface area contributed by atoms with Crippen LogP contribution < -0.4 is 4.72 Å². The number of halogens is 1. The second-order valence-corrected chi connectivity index (χ2v) is 8.66. The SMILES string of the molecule is O=S(=O)(Cc1ccc(Cl)cc1)NCC1(c2cccs2)CC1. The van der Waals surface area contributed by atoms with E-state index in [0.29, 0.717) is 11.6 Å². The van der Waals surface area contributed by atoms with Gasteiger partial charge >= 0.3 is 0 Å². The quantitative estimate of drug-likeness (QED) is 0.873. The Morgan fingerprint density at radius 2 is 1.90 bits per heavy atom. The van der Waals surface area contributed by atoms with Gasteiger partial charge in [0.25, 0.3) is 0 Å². The van der Waals surface area contributed by atoms with Crippen molar-refractivity contribution in [3.63, 3.8) is 0 Å². The molecule has 1 saturated carbocycles. The van der Waals surface area contributed by atoms with Crippen molar-refractivity contribution in [1.82, 2.24) is 4.72 Å². The molecule has 21 heavy (non-hydrogen) atoms. The molecule has 0 unspecified atom stereocenters. The first-order valence-corrected chi connectivity index (χ1v) is 9.66. The third-order valence-electron chi connectivity index (χ3n) is 3.80. The van der Waals surface area contributed by atoms with Gasteiger partial charge in [-0.2, -0.15) is 0 Å². The molecule has 1 aliphatic rings. The number of hydrogen-bond acceptors (Lipinski definition) is 3. The molecule has 1 aliphatic carbocycles. The van der Waals surface area contributed by atoms with Crippen LogP contribution in [0.15, 0.2) is 41.8 Å². The summed E-state index contributed by atoms with van der Waals surface area (Å²) in [7, 11) is -3.32. The second-order valence-electron chi connectivity index (χ2n) is 5.46. The van der Waals surface area contributed by atoms with E-state index in [4.69, 9.17) is 11.6 Å². The Balaban J connectivity index is 1.63. The Morgan fingerprint density at radius 1 is 1.19 bits per heavy atom. The maximum atomic E-state index is 12.2. The van der Waals surface area contributed by atoms with Gasteiger partial charge in [-0.15, -0.1) is 11.3 Å². The van der Waals surface area contributed by atoms with Crippen LogP contribution >= 0.6 is 22.9 Å². The highest BCUT2D eigenvalue weighted by molar-refractivity contribution is 7.88. The molecule has 2 aromatic rings. The molecule has 0 radical (unpaired) electrons. The van der Waals surface area contributed by atoms with Gasteiger partial charge in [-0.25, -0.2) is 13.1 Å². The minimum atomic E-state index is -3.32. The summed E-state index contributed by atoms with van der Waals surface area (Å²) < 4.78 is 27.1. The molecule has 6 heteroatoms. The summed E-state index contributed by atoms with van der Waals surface area (Å²) in [6, 6.07) is 11.0. The fourth-order valence-electron chi connectivity index (χ4n) is 2.34. The number of hydrogen-bond donors (Lipinski definition) is 1. The Morgan fingerprint density at radius 3 is 2.48 bits per heavy atom. The van der Waals surface area contributed by atoms with Crippen molar-refractivity contribution in [2.24, 2.45) is 0 Å². The van der Waals surface area contributed by atoms with Crippen molar-refractivity contribution in [3.8, 4) is 0 Å². The van der Waals surface area contributed by atoms with Crippen molar-refractivity contribution >= 4 is 33.0 Å². The van der Waals surface area contributed by atoms with E-state index in [1.165, 1.54) is 4.88 Å². The molecule has 0 bridgehead atoms. The highest BCUT2D eigenvalue weighted by Crippen LogP contribution is 2.49. The van der Waals surface area contributed by atoms with Crippen LogP contribution in [0.5, 0.6) is 0 Å². The summed E-state index contributed by atoms with van der Waals surface area (Å²) in [6.07, 6.45) is 2.11. The number of nitrogens with one attached hydrogen (secondary N) is 1. The van der Waals surface area contributed by atoms with Gasteiger partial charge in [-0.3, -0.25) is 0 Å². The van der Waals surface area contributed by atoms with Gasteiger partial charge in [-0.1, -0.05) is 29.8 Å². The van der Waals surface area contributed by atoms with Gasteiger partial charge in [0.1, 0.15) is 0 Å². The lowest BCUT2D eigenvalue weighted by atomic mass is 10.1. The molecule has 1 aromatic carbocycles. The highest BCUT2D eigenvalue weighted by atomic mass is 35.5. The topological polar surface area (TPSA) is 46.2 Å². The molecule has 0 spiro atoms. The molecule has 112 valence electrons. The van der Waals surface area contributed by atoms with E-state index >= 15 is 0 Å². The average molecular weight is 342 g/mol. The van der Waals surface area contributed by atoms with Crippen molar-refractivity contribution in [2.45, 2.75) is 24.0 Å². The van der Waals surface area contributed by atoms with Crippen LogP contribution in [0.1, 0.15) is 23.3 Å². The first-order chi connectivity index (χ1) is 9.99. The molecule has 3 nitrogen and oxygen atoms in total. The van der Waals surface area contributed by atoms with E-state index in [1.54, 1.807) is 35.6 Å². The zero-order valence-electron chi connectivity index (χ0n) is 11.4. The lowest BCUT2D eigenvalue weighted by Crippen LogP contribution is -2.32. The second kappa shape index (κ2) is 5.72. The van der Waals surface area contributed by atoms with E-state index in [1.807, 2.05) is 11.4 Å². The predicted octanol–water partition coefficient (Wildman–Crippen LogP) is 3.55. The van der Waals surface area contributed by atoms with Crippen LogP contribution in [-0.2, 0) is 21.2 Å². The molecular weight excluding hydrogens is 326 g/mol. The lowest BCUT2D eigenvalue weighted by Gasteiger charge is -2.14. The molecule has 0 atom stereocenters. The van der Waals surface area contributed by atoms with Crippen molar-refractivity contribution < 1.29 is 8.42 Å². The molecular formula is C15H16ClNO2S2. The normalized spacial score (nSPS) is 16.8. The first kappa shape index (κ1) is 15.0. The van der Waals surface area contributed by atoms with Crippen LogP contribution in [-0.4, -0.2) is 15.0 Å². The number of sulfonamides is 1. The monoisotopic (exact) mass is 341 g/mol. The van der Waals surface area contributed by atoms with Crippen molar-refractivity contribution in [2.75, 3.05) is 6.54 Å². The van der Waals surface area contributed by atoms with E-state index in [-0.39, 0.29) is 11.2 Å². The minimum absolute atomic E-state index is 0.00924. The molecule has 0 aliphatic heterocycles. The fourth-order valence-corrected chi connectivity index (χ4v) is 4.68. The maximum Gasteiger partial charge on any atom is 0.215 e. The zero-order valence-corrected chi connectivity index (χ0v) is 13.8. The molecule has 1 N–H and O–H groups in total. The van der Waals surface area contributed by atoms with Gasteiger partial charge in [0.05, 0.1) is 5.75 Å². The average Bonchev–Trinajstić information content (AvgIpc) is 3.03. The Hall–Kier alpha value is -0.880. The van der Waals surface area contributed by atoms with Gasteiger partial charge in [0, 0.05) is 21.9 Å². The Kier molecular flexibility index (Phi) is 4.10. The van der Waals surface area contributed by atoms with Crippen molar-refractivity contribution in [3.05, 3.63) is 57.2 Å². The minimum Gasteiger partial charge on any atom is -0.214 e. The summed E-state index contributed by atoms with van der Waals surface area (Å²) >= 11 is 7.50. The van der Waals surface area contributed by atoms with E-state index in [2.05, 4.69) is 10.8 Å². The standard InChI is InChI=1S/C15H16ClNO2S2/c16-13-5-3-12(4-6-13)10-21(18,19)17-11-15(7-8-15)14-2-1-9-20-14/h1-6,9,17H,7-8,10-11H2. The number of rotatable bonds is 6. The summed E-state index contributed by atoms with van der Waals surface area (Å²) in [6.45, 7) is 0.490. The van der Waals surface area contributed by atoms with E-state index in [0.717, 1.165) is 18.4 Å². The van der Waals surface area contributed by atoms with Crippen molar-refractivity contribution in [1.29, 1.82) is 0 Å². The van der Waals surface area contributed by atoms with Crippen LogP contribution in [0.3, 0.4) is 0 Å². The van der Waals surface area contributed by atoms with Crippen LogP contribution in [0.2, 0.25) is 5.02 Å². The summed E-state index contributed by atoms with van der Waals surface area (Å²) in [4.78, 5) is 1.27. The molecule has 0 saturated heterocycles. The largest absolute Gasteiger partial charge is 0.215 e. The maximum absolute atomic E-state index is 12.2. The van der Waals surface area contributed by atoms with Gasteiger partial charge in [0.2, 0.25) is 10.0 Å². The molecule has 1 heterocycles. The van der Waals surface area contributed by atoms with Crippen LogP contribution in [0.4, 0.5) is 0 Å². The van der Waals surface area contributed by atoms with Gasteiger partial charge in [0.15, 0.2) is 0 Å². The van der Waals surface area contributed by atoms with Crippen LogP contribution in [0, 0.1) is 0 Å². The van der Waals surface area contributed by atoms with Crippen LogP contribution in [0.25, 0.3) is 0 Å².